The molecule has 0 fully saturated rings. The van der Waals surface area contributed by atoms with Crippen molar-refractivity contribution >= 4 is 27.3 Å². The summed E-state index contributed by atoms with van der Waals surface area (Å²) in [6.07, 6.45) is 3.79. The lowest BCUT2D eigenvalue weighted by Gasteiger charge is -2.10. The van der Waals surface area contributed by atoms with Gasteiger partial charge in [-0.15, -0.1) is 0 Å². The second kappa shape index (κ2) is 10.4. The molecule has 0 aliphatic carbocycles. The molecule has 31 heavy (non-hydrogen) atoms. The van der Waals surface area contributed by atoms with Crippen LogP contribution in [-0.2, 0) is 14.8 Å². The number of pyridine rings is 1. The molecule has 8 nitrogen and oxygen atoms in total. The van der Waals surface area contributed by atoms with Crippen LogP contribution in [0.1, 0.15) is 12.8 Å². The van der Waals surface area contributed by atoms with E-state index < -0.39 is 10.0 Å². The van der Waals surface area contributed by atoms with Crippen molar-refractivity contribution in [2.24, 2.45) is 0 Å². The first-order valence-corrected chi connectivity index (χ1v) is 11.0. The highest BCUT2D eigenvalue weighted by Gasteiger charge is 2.14. The number of sulfonamides is 1. The van der Waals surface area contributed by atoms with E-state index in [0.717, 1.165) is 5.75 Å². The lowest BCUT2D eigenvalue weighted by atomic mass is 10.2. The minimum Gasteiger partial charge on any atom is -0.497 e. The Morgan fingerprint density at radius 3 is 2.32 bits per heavy atom. The molecule has 0 saturated heterocycles. The normalized spacial score (nSPS) is 10.9. The van der Waals surface area contributed by atoms with Crippen molar-refractivity contribution in [3.8, 4) is 11.5 Å². The second-order valence-corrected chi connectivity index (χ2v) is 8.23. The summed E-state index contributed by atoms with van der Waals surface area (Å²) < 4.78 is 38.0. The molecule has 1 heterocycles. The Morgan fingerprint density at radius 2 is 1.68 bits per heavy atom. The first kappa shape index (κ1) is 22.1. The van der Waals surface area contributed by atoms with E-state index in [9.17, 15) is 13.2 Å². The molecule has 162 valence electrons. The summed E-state index contributed by atoms with van der Waals surface area (Å²) in [7, 11) is -2.14. The monoisotopic (exact) mass is 441 g/mol. The molecule has 0 atom stereocenters. The van der Waals surface area contributed by atoms with Gasteiger partial charge in [0, 0.05) is 18.3 Å². The lowest BCUT2D eigenvalue weighted by molar-refractivity contribution is -0.116. The quantitative estimate of drug-likeness (QED) is 0.465. The molecule has 3 rings (SSSR count). The van der Waals surface area contributed by atoms with Crippen molar-refractivity contribution in [3.63, 3.8) is 0 Å². The van der Waals surface area contributed by atoms with Gasteiger partial charge >= 0.3 is 0 Å². The molecule has 9 heteroatoms. The fourth-order valence-electron chi connectivity index (χ4n) is 2.67. The van der Waals surface area contributed by atoms with Crippen LogP contribution in [0.5, 0.6) is 11.5 Å². The van der Waals surface area contributed by atoms with Gasteiger partial charge in [-0.3, -0.25) is 14.5 Å². The van der Waals surface area contributed by atoms with Gasteiger partial charge in [0.2, 0.25) is 5.91 Å². The fraction of sp³-hybridized carbons (Fsp3) is 0.182. The predicted octanol–water partition coefficient (Wildman–Crippen LogP) is 3.69. The number of carbonyl (C=O) groups excluding carboxylic acids is 1. The van der Waals surface area contributed by atoms with E-state index in [4.69, 9.17) is 9.47 Å². The summed E-state index contributed by atoms with van der Waals surface area (Å²) in [5.74, 6) is 1.28. The molecule has 0 radical (unpaired) electrons. The number of methoxy groups -OCH3 is 1. The average molecular weight is 442 g/mol. The summed E-state index contributed by atoms with van der Waals surface area (Å²) in [5.41, 5.74) is 0.887. The summed E-state index contributed by atoms with van der Waals surface area (Å²) >= 11 is 0. The molecule has 3 aromatic rings. The smallest absolute Gasteiger partial charge is 0.261 e. The number of ether oxygens (including phenoxy) is 2. The van der Waals surface area contributed by atoms with Gasteiger partial charge in [-0.1, -0.05) is 0 Å². The van der Waals surface area contributed by atoms with Gasteiger partial charge in [-0.25, -0.2) is 8.42 Å². The van der Waals surface area contributed by atoms with Crippen molar-refractivity contribution in [2.45, 2.75) is 17.7 Å². The van der Waals surface area contributed by atoms with Crippen LogP contribution >= 0.6 is 0 Å². The van der Waals surface area contributed by atoms with Crippen molar-refractivity contribution < 1.29 is 22.7 Å². The van der Waals surface area contributed by atoms with Gasteiger partial charge in [0.25, 0.3) is 10.0 Å². The number of nitrogens with zero attached hydrogens (tertiary/aromatic N) is 1. The number of carbonyl (C=O) groups is 1. The van der Waals surface area contributed by atoms with Crippen LogP contribution in [0.15, 0.2) is 78.0 Å². The van der Waals surface area contributed by atoms with Crippen molar-refractivity contribution in [3.05, 3.63) is 73.1 Å². The number of aromatic nitrogens is 1. The number of hydrogen-bond donors (Lipinski definition) is 2. The Balaban J connectivity index is 1.45. The number of rotatable bonds is 10. The summed E-state index contributed by atoms with van der Waals surface area (Å²) in [5, 5.41) is 2.75. The minimum atomic E-state index is -3.73. The van der Waals surface area contributed by atoms with E-state index in [1.807, 2.05) is 0 Å². The Hall–Kier alpha value is -3.59. The number of hydrogen-bond acceptors (Lipinski definition) is 6. The standard InChI is InChI=1S/C22H23N3O5S/c1-29-19-8-10-20(11-9-19)30-15-3-5-22(26)24-17-6-12-21(13-7-17)31(27,28)25-18-4-2-14-23-16-18/h2,4,6-14,16,25H,3,5,15H2,1H3,(H,24,26). The van der Waals surface area contributed by atoms with Gasteiger partial charge < -0.3 is 14.8 Å². The first-order valence-electron chi connectivity index (χ1n) is 9.56. The Labute approximate surface area is 181 Å². The van der Waals surface area contributed by atoms with Crippen LogP contribution in [0, 0.1) is 0 Å². The molecule has 0 aliphatic heterocycles. The van der Waals surface area contributed by atoms with Crippen LogP contribution in [0.4, 0.5) is 11.4 Å². The van der Waals surface area contributed by atoms with Crippen molar-refractivity contribution in [2.75, 3.05) is 23.8 Å². The van der Waals surface area contributed by atoms with E-state index in [0.29, 0.717) is 30.2 Å². The summed E-state index contributed by atoms with van der Waals surface area (Å²) in [4.78, 5) is 16.1. The highest BCUT2D eigenvalue weighted by Crippen LogP contribution is 2.19. The van der Waals surface area contributed by atoms with E-state index in [1.54, 1.807) is 61.8 Å². The first-order chi connectivity index (χ1) is 15.0. The molecule has 1 amide bonds. The van der Waals surface area contributed by atoms with E-state index in [1.165, 1.54) is 18.3 Å². The lowest BCUT2D eigenvalue weighted by Crippen LogP contribution is -2.14. The summed E-state index contributed by atoms with van der Waals surface area (Å²) in [6, 6.07) is 16.4. The van der Waals surface area contributed by atoms with Gasteiger partial charge in [0.15, 0.2) is 0 Å². The van der Waals surface area contributed by atoms with Crippen molar-refractivity contribution in [1.29, 1.82) is 0 Å². The van der Waals surface area contributed by atoms with Crippen LogP contribution in [-0.4, -0.2) is 33.0 Å². The SMILES string of the molecule is COc1ccc(OCCCC(=O)Nc2ccc(S(=O)(=O)Nc3cccnc3)cc2)cc1. The predicted molar refractivity (Wildman–Crippen MR) is 118 cm³/mol. The molecule has 0 spiro atoms. The molecular formula is C22H23N3O5S. The third-order valence-electron chi connectivity index (χ3n) is 4.24. The largest absolute Gasteiger partial charge is 0.497 e. The average Bonchev–Trinajstić information content (AvgIpc) is 2.78. The van der Waals surface area contributed by atoms with Crippen LogP contribution in [0.3, 0.4) is 0 Å². The maximum Gasteiger partial charge on any atom is 0.261 e. The molecule has 0 unspecified atom stereocenters. The van der Waals surface area contributed by atoms with Gasteiger partial charge in [-0.05, 0) is 67.1 Å². The Morgan fingerprint density at radius 1 is 0.968 bits per heavy atom. The topological polar surface area (TPSA) is 107 Å². The number of benzene rings is 2. The highest BCUT2D eigenvalue weighted by atomic mass is 32.2. The molecule has 0 bridgehead atoms. The zero-order valence-electron chi connectivity index (χ0n) is 16.9. The second-order valence-electron chi connectivity index (χ2n) is 6.55. The zero-order chi connectivity index (χ0) is 22.1. The maximum absolute atomic E-state index is 12.4. The summed E-state index contributed by atoms with van der Waals surface area (Å²) in [6.45, 7) is 0.400. The molecule has 2 N–H and O–H groups in total. The number of nitrogens with one attached hydrogen (secondary N) is 2. The molecule has 0 saturated carbocycles. The van der Waals surface area contributed by atoms with Crippen molar-refractivity contribution in [1.82, 2.24) is 4.98 Å². The van der Waals surface area contributed by atoms with E-state index in [2.05, 4.69) is 15.0 Å². The molecular weight excluding hydrogens is 418 g/mol. The highest BCUT2D eigenvalue weighted by molar-refractivity contribution is 7.92. The fourth-order valence-corrected chi connectivity index (χ4v) is 3.72. The van der Waals surface area contributed by atoms with Crippen LogP contribution < -0.4 is 19.5 Å². The molecule has 2 aromatic carbocycles. The zero-order valence-corrected chi connectivity index (χ0v) is 17.8. The molecule has 0 aliphatic rings. The maximum atomic E-state index is 12.4. The van der Waals surface area contributed by atoms with Crippen LogP contribution in [0.25, 0.3) is 0 Å². The molecule has 1 aromatic heterocycles. The minimum absolute atomic E-state index is 0.0854. The van der Waals surface area contributed by atoms with Gasteiger partial charge in [0.1, 0.15) is 11.5 Å². The van der Waals surface area contributed by atoms with Gasteiger partial charge in [0.05, 0.1) is 30.5 Å². The van der Waals surface area contributed by atoms with Crippen LogP contribution in [0.2, 0.25) is 0 Å². The Kier molecular flexibility index (Phi) is 7.45. The number of anilines is 2. The third-order valence-corrected chi connectivity index (χ3v) is 5.64. The third kappa shape index (κ3) is 6.71. The van der Waals surface area contributed by atoms with Gasteiger partial charge in [-0.2, -0.15) is 0 Å². The van der Waals surface area contributed by atoms with E-state index in [-0.39, 0.29) is 17.2 Å². The Bertz CT molecular complexity index is 1090. The number of amides is 1. The van der Waals surface area contributed by atoms with E-state index >= 15 is 0 Å².